The van der Waals surface area contributed by atoms with Gasteiger partial charge >= 0.3 is 0 Å². The van der Waals surface area contributed by atoms with Gasteiger partial charge in [0.1, 0.15) is 0 Å². The van der Waals surface area contributed by atoms with Crippen molar-refractivity contribution in [1.82, 2.24) is 25.3 Å². The Morgan fingerprint density at radius 2 is 1.97 bits per heavy atom. The van der Waals surface area contributed by atoms with Crippen LogP contribution in [0, 0.1) is 0 Å². The number of rotatable bonds is 9. The largest absolute Gasteiger partial charge is 0.392 e. The zero-order chi connectivity index (χ0) is 22.9. The molecule has 0 aromatic heterocycles. The number of likely N-dealkylation sites (tertiary alicyclic amines) is 2. The van der Waals surface area contributed by atoms with Crippen LogP contribution in [0.1, 0.15) is 37.3 Å². The van der Waals surface area contributed by atoms with Crippen molar-refractivity contribution in [3.05, 3.63) is 35.4 Å². The van der Waals surface area contributed by atoms with E-state index in [9.17, 15) is 9.90 Å². The lowest BCUT2D eigenvalue weighted by atomic mass is 10.1. The summed E-state index contributed by atoms with van der Waals surface area (Å²) < 4.78 is 0. The van der Waals surface area contributed by atoms with Gasteiger partial charge in [-0.1, -0.05) is 31.2 Å². The average molecular weight is 445 g/mol. The number of guanidine groups is 1. The molecule has 178 valence electrons. The molecule has 2 aliphatic heterocycles. The van der Waals surface area contributed by atoms with Crippen LogP contribution in [-0.4, -0.2) is 97.2 Å². The molecule has 0 radical (unpaired) electrons. The van der Waals surface area contributed by atoms with E-state index in [0.717, 1.165) is 45.7 Å². The van der Waals surface area contributed by atoms with Crippen molar-refractivity contribution >= 4 is 11.9 Å². The Morgan fingerprint density at radius 3 is 2.66 bits per heavy atom. The zero-order valence-electron chi connectivity index (χ0n) is 19.9. The number of β-amino-alcohol motifs (C(OH)–C–C–N with tert-alkyl or cyclic N) is 1. The Morgan fingerprint density at radius 1 is 1.19 bits per heavy atom. The SMILES string of the molecule is CCN1CCCC1CNC(=NCc1ccccc1CN1CCC(O)C1)NCC(=O)N(C)C. The fourth-order valence-electron chi connectivity index (χ4n) is 4.48. The fourth-order valence-corrected chi connectivity index (χ4v) is 4.48. The van der Waals surface area contributed by atoms with Gasteiger partial charge in [-0.15, -0.1) is 0 Å². The summed E-state index contributed by atoms with van der Waals surface area (Å²) in [6, 6.07) is 8.86. The van der Waals surface area contributed by atoms with Crippen LogP contribution >= 0.6 is 0 Å². The molecule has 0 bridgehead atoms. The number of hydrogen-bond acceptors (Lipinski definition) is 5. The summed E-state index contributed by atoms with van der Waals surface area (Å²) in [5.74, 6) is 0.693. The number of aliphatic imine (C=N–C) groups is 1. The minimum atomic E-state index is -0.215. The van der Waals surface area contributed by atoms with Gasteiger partial charge in [0.25, 0.3) is 0 Å². The van der Waals surface area contributed by atoms with Crippen molar-refractivity contribution in [1.29, 1.82) is 0 Å². The van der Waals surface area contributed by atoms with E-state index in [2.05, 4.69) is 45.6 Å². The lowest BCUT2D eigenvalue weighted by Crippen LogP contribution is -2.47. The van der Waals surface area contributed by atoms with Gasteiger partial charge in [0.15, 0.2) is 5.96 Å². The molecule has 1 amide bonds. The monoisotopic (exact) mass is 444 g/mol. The van der Waals surface area contributed by atoms with E-state index in [1.54, 1.807) is 19.0 Å². The van der Waals surface area contributed by atoms with Crippen LogP contribution in [0.25, 0.3) is 0 Å². The summed E-state index contributed by atoms with van der Waals surface area (Å²) in [6.45, 7) is 8.48. The molecule has 0 aliphatic carbocycles. The number of carbonyl (C=O) groups excluding carboxylic acids is 1. The molecule has 0 spiro atoms. The van der Waals surface area contributed by atoms with Crippen molar-refractivity contribution in [3.8, 4) is 0 Å². The third-order valence-electron chi connectivity index (χ3n) is 6.48. The molecule has 2 aliphatic rings. The second-order valence-electron chi connectivity index (χ2n) is 9.06. The van der Waals surface area contributed by atoms with E-state index in [1.165, 1.54) is 24.0 Å². The minimum absolute atomic E-state index is 0.0172. The highest BCUT2D eigenvalue weighted by molar-refractivity contribution is 5.86. The smallest absolute Gasteiger partial charge is 0.241 e. The number of likely N-dealkylation sites (N-methyl/N-ethyl adjacent to an activating group) is 2. The Labute approximate surface area is 192 Å². The number of nitrogens with one attached hydrogen (secondary N) is 2. The molecule has 8 heteroatoms. The van der Waals surface area contributed by atoms with Crippen LogP contribution in [0.5, 0.6) is 0 Å². The maximum Gasteiger partial charge on any atom is 0.241 e. The highest BCUT2D eigenvalue weighted by Crippen LogP contribution is 2.18. The normalized spacial score (nSPS) is 22.3. The van der Waals surface area contributed by atoms with Crippen molar-refractivity contribution < 1.29 is 9.90 Å². The summed E-state index contributed by atoms with van der Waals surface area (Å²) in [6.07, 6.45) is 3.05. The highest BCUT2D eigenvalue weighted by atomic mass is 16.3. The number of benzene rings is 1. The van der Waals surface area contributed by atoms with E-state index in [4.69, 9.17) is 4.99 Å². The van der Waals surface area contributed by atoms with E-state index in [1.807, 2.05) is 6.07 Å². The quantitative estimate of drug-likeness (QED) is 0.387. The summed E-state index contributed by atoms with van der Waals surface area (Å²) in [4.78, 5) is 23.3. The Kier molecular flexibility index (Phi) is 9.32. The Hall–Kier alpha value is -2.16. The van der Waals surface area contributed by atoms with Crippen LogP contribution in [0.4, 0.5) is 0 Å². The Bertz CT molecular complexity index is 769. The van der Waals surface area contributed by atoms with Gasteiger partial charge in [0.05, 0.1) is 19.2 Å². The van der Waals surface area contributed by atoms with Gasteiger partial charge < -0.3 is 20.6 Å². The molecule has 0 saturated carbocycles. The fraction of sp³-hybridized carbons (Fsp3) is 0.667. The maximum atomic E-state index is 12.1. The molecule has 2 saturated heterocycles. The third-order valence-corrected chi connectivity index (χ3v) is 6.48. The minimum Gasteiger partial charge on any atom is -0.392 e. The van der Waals surface area contributed by atoms with Crippen molar-refractivity contribution in [2.75, 3.05) is 53.4 Å². The standard InChI is InChI=1S/C24H40N6O2/c1-4-30-12-7-10-21(30)15-26-24(27-16-23(32)28(2)3)25-14-19-8-5-6-9-20(19)17-29-13-11-22(31)18-29/h5-6,8-9,21-22,31H,4,7,10-18H2,1-3H3,(H2,25,26,27). The average Bonchev–Trinajstić information content (AvgIpc) is 3.41. The second kappa shape index (κ2) is 12.2. The van der Waals surface area contributed by atoms with E-state index >= 15 is 0 Å². The molecule has 2 fully saturated rings. The van der Waals surface area contributed by atoms with Crippen LogP contribution in [-0.2, 0) is 17.9 Å². The van der Waals surface area contributed by atoms with Gasteiger partial charge in [-0.25, -0.2) is 4.99 Å². The van der Waals surface area contributed by atoms with Crippen LogP contribution in [0.3, 0.4) is 0 Å². The topological polar surface area (TPSA) is 83.4 Å². The summed E-state index contributed by atoms with van der Waals surface area (Å²) in [5, 5.41) is 16.5. The van der Waals surface area contributed by atoms with E-state index < -0.39 is 0 Å². The summed E-state index contributed by atoms with van der Waals surface area (Å²) >= 11 is 0. The molecule has 8 nitrogen and oxygen atoms in total. The van der Waals surface area contributed by atoms with Gasteiger partial charge in [0, 0.05) is 46.3 Å². The van der Waals surface area contributed by atoms with Crippen LogP contribution in [0.2, 0.25) is 0 Å². The molecule has 3 N–H and O–H groups in total. The van der Waals surface area contributed by atoms with Crippen molar-refractivity contribution in [3.63, 3.8) is 0 Å². The molecule has 32 heavy (non-hydrogen) atoms. The lowest BCUT2D eigenvalue weighted by Gasteiger charge is -2.24. The third kappa shape index (κ3) is 7.18. The lowest BCUT2D eigenvalue weighted by molar-refractivity contribution is -0.127. The highest BCUT2D eigenvalue weighted by Gasteiger charge is 2.23. The molecular formula is C24H40N6O2. The summed E-state index contributed by atoms with van der Waals surface area (Å²) in [5.41, 5.74) is 2.41. The van der Waals surface area contributed by atoms with Gasteiger partial charge in [-0.3, -0.25) is 14.6 Å². The predicted molar refractivity (Wildman–Crippen MR) is 128 cm³/mol. The van der Waals surface area contributed by atoms with Gasteiger partial charge in [-0.05, 0) is 43.5 Å². The molecule has 2 heterocycles. The number of hydrogen-bond donors (Lipinski definition) is 3. The number of amides is 1. The first kappa shape index (κ1) is 24.5. The second-order valence-corrected chi connectivity index (χ2v) is 9.06. The zero-order valence-corrected chi connectivity index (χ0v) is 19.9. The number of aliphatic hydroxyl groups is 1. The predicted octanol–water partition coefficient (Wildman–Crippen LogP) is 0.861. The molecule has 3 rings (SSSR count). The molecule has 2 atom stereocenters. The first-order chi connectivity index (χ1) is 15.5. The molecular weight excluding hydrogens is 404 g/mol. The number of aliphatic hydroxyl groups excluding tert-OH is 1. The number of nitrogens with zero attached hydrogens (tertiary/aromatic N) is 4. The van der Waals surface area contributed by atoms with Gasteiger partial charge in [0.2, 0.25) is 5.91 Å². The first-order valence-electron chi connectivity index (χ1n) is 11.9. The summed E-state index contributed by atoms with van der Waals surface area (Å²) in [7, 11) is 3.52. The van der Waals surface area contributed by atoms with Crippen molar-refractivity contribution in [2.45, 2.75) is 51.4 Å². The van der Waals surface area contributed by atoms with Gasteiger partial charge in [-0.2, -0.15) is 0 Å². The van der Waals surface area contributed by atoms with Crippen molar-refractivity contribution in [2.24, 2.45) is 4.99 Å². The first-order valence-corrected chi connectivity index (χ1v) is 11.9. The maximum absolute atomic E-state index is 12.1. The van der Waals surface area contributed by atoms with Crippen LogP contribution in [0.15, 0.2) is 29.3 Å². The Balaban J connectivity index is 1.65. The molecule has 1 aromatic rings. The van der Waals surface area contributed by atoms with E-state index in [0.29, 0.717) is 18.5 Å². The number of carbonyl (C=O) groups is 1. The molecule has 1 aromatic carbocycles. The van der Waals surface area contributed by atoms with E-state index in [-0.39, 0.29) is 18.6 Å². The van der Waals surface area contributed by atoms with Crippen LogP contribution < -0.4 is 10.6 Å². The molecule has 2 unspecified atom stereocenters.